The molecule has 6 nitrogen and oxygen atoms in total. The number of esters is 1. The topological polar surface area (TPSA) is 80.8 Å². The second-order valence-electron chi connectivity index (χ2n) is 7.10. The largest absolute Gasteiger partial charge is 0.454 e. The highest BCUT2D eigenvalue weighted by molar-refractivity contribution is 7.89. The minimum atomic E-state index is -3.60. The quantitative estimate of drug-likeness (QED) is 0.732. The fraction of sp³-hybridized carbons (Fsp3) is 0.579. The summed E-state index contributed by atoms with van der Waals surface area (Å²) in [6.07, 6.45) is 0.0290. The van der Waals surface area contributed by atoms with E-state index in [0.29, 0.717) is 17.7 Å². The summed E-state index contributed by atoms with van der Waals surface area (Å²) in [4.78, 5) is 23.7. The third-order valence-electron chi connectivity index (χ3n) is 4.86. The van der Waals surface area contributed by atoms with Crippen LogP contribution in [0.3, 0.4) is 0 Å². The third-order valence-corrected chi connectivity index (χ3v) is 7.06. The molecule has 1 saturated heterocycles. The Morgan fingerprint density at radius 2 is 1.62 bits per heavy atom. The molecule has 0 amide bonds. The minimum Gasteiger partial charge on any atom is -0.454 e. The van der Waals surface area contributed by atoms with Crippen molar-refractivity contribution < 1.29 is 22.7 Å². The molecule has 1 fully saturated rings. The molecule has 0 aromatic heterocycles. The Morgan fingerprint density at radius 1 is 1.12 bits per heavy atom. The molecule has 1 aromatic rings. The molecule has 0 saturated carbocycles. The molecule has 0 aliphatic carbocycles. The molecule has 144 valence electrons. The van der Waals surface area contributed by atoms with Crippen LogP contribution in [0, 0.1) is 26.7 Å². The van der Waals surface area contributed by atoms with E-state index in [4.69, 9.17) is 4.74 Å². The van der Waals surface area contributed by atoms with Gasteiger partial charge in [0.25, 0.3) is 0 Å². The zero-order valence-corrected chi connectivity index (χ0v) is 16.9. The van der Waals surface area contributed by atoms with Crippen molar-refractivity contribution in [1.29, 1.82) is 0 Å². The third kappa shape index (κ3) is 4.32. The lowest BCUT2D eigenvalue weighted by Crippen LogP contribution is -2.41. The van der Waals surface area contributed by atoms with E-state index in [2.05, 4.69) is 0 Å². The molecular weight excluding hydrogens is 354 g/mol. The van der Waals surface area contributed by atoms with Crippen molar-refractivity contribution >= 4 is 21.8 Å². The number of carbonyl (C=O) groups excluding carboxylic acids is 2. The van der Waals surface area contributed by atoms with Gasteiger partial charge in [-0.25, -0.2) is 8.42 Å². The van der Waals surface area contributed by atoms with Gasteiger partial charge in [-0.2, -0.15) is 4.31 Å². The summed E-state index contributed by atoms with van der Waals surface area (Å²) >= 11 is 0. The lowest BCUT2D eigenvalue weighted by molar-refractivity contribution is -0.158. The molecule has 1 aliphatic heterocycles. The predicted molar refractivity (Wildman–Crippen MR) is 98.4 cm³/mol. The molecule has 0 radical (unpaired) electrons. The maximum atomic E-state index is 13.0. The van der Waals surface area contributed by atoms with Crippen molar-refractivity contribution in [1.82, 2.24) is 4.31 Å². The van der Waals surface area contributed by atoms with Crippen molar-refractivity contribution in [3.05, 3.63) is 28.8 Å². The van der Waals surface area contributed by atoms with Crippen LogP contribution < -0.4 is 0 Å². The second-order valence-corrected chi connectivity index (χ2v) is 8.97. The van der Waals surface area contributed by atoms with E-state index >= 15 is 0 Å². The van der Waals surface area contributed by atoms with Crippen LogP contribution in [0.1, 0.15) is 43.4 Å². The molecule has 0 N–H and O–H groups in total. The number of benzene rings is 1. The van der Waals surface area contributed by atoms with E-state index in [-0.39, 0.29) is 24.8 Å². The number of piperidine rings is 1. The Morgan fingerprint density at radius 3 is 2.08 bits per heavy atom. The highest BCUT2D eigenvalue weighted by atomic mass is 32.2. The summed E-state index contributed by atoms with van der Waals surface area (Å²) in [5.41, 5.74) is 2.50. The standard InChI is InChI=1S/C19H27NO5S/c1-12-10-13(2)18(14(3)11-12)26(23,24)20-8-6-17(7-9-20)19(22)25-16(5)15(4)21/h10-11,16-17H,6-9H2,1-5H3/t16-/m0/s1. The van der Waals surface area contributed by atoms with E-state index in [1.54, 1.807) is 20.8 Å². The molecule has 26 heavy (non-hydrogen) atoms. The smallest absolute Gasteiger partial charge is 0.309 e. The molecular formula is C19H27NO5S. The first-order chi connectivity index (χ1) is 12.0. The van der Waals surface area contributed by atoms with Crippen LogP contribution >= 0.6 is 0 Å². The van der Waals surface area contributed by atoms with Gasteiger partial charge >= 0.3 is 5.97 Å². The minimum absolute atomic E-state index is 0.205. The Balaban J connectivity index is 2.10. The number of hydrogen-bond acceptors (Lipinski definition) is 5. The van der Waals surface area contributed by atoms with Crippen molar-refractivity contribution in [2.45, 2.75) is 58.5 Å². The molecule has 2 rings (SSSR count). The Bertz CT molecular complexity index is 784. The summed E-state index contributed by atoms with van der Waals surface area (Å²) in [6.45, 7) is 9.00. The summed E-state index contributed by atoms with van der Waals surface area (Å²) < 4.78 is 32.7. The molecule has 0 spiro atoms. The normalized spacial score (nSPS) is 17.7. The average molecular weight is 381 g/mol. The fourth-order valence-corrected chi connectivity index (χ4v) is 5.27. The molecule has 0 unspecified atom stereocenters. The summed E-state index contributed by atoms with van der Waals surface area (Å²) in [7, 11) is -3.60. The number of carbonyl (C=O) groups is 2. The van der Waals surface area contributed by atoms with E-state index < -0.39 is 22.1 Å². The first-order valence-electron chi connectivity index (χ1n) is 8.83. The number of aryl methyl sites for hydroxylation is 3. The number of Topliss-reactive ketones (excluding diaryl/α,β-unsaturated/α-hetero) is 1. The van der Waals surface area contributed by atoms with E-state index in [0.717, 1.165) is 16.7 Å². The van der Waals surface area contributed by atoms with Crippen molar-refractivity contribution in [3.8, 4) is 0 Å². The van der Waals surface area contributed by atoms with Gasteiger partial charge in [0, 0.05) is 13.1 Å². The van der Waals surface area contributed by atoms with Crippen molar-refractivity contribution in [2.24, 2.45) is 5.92 Å². The number of nitrogens with zero attached hydrogens (tertiary/aromatic N) is 1. The maximum Gasteiger partial charge on any atom is 0.309 e. The summed E-state index contributed by atoms with van der Waals surface area (Å²) in [6, 6.07) is 3.74. The number of sulfonamides is 1. The van der Waals surface area contributed by atoms with Crippen LogP contribution in [0.2, 0.25) is 0 Å². The van der Waals surface area contributed by atoms with Gasteiger partial charge in [0.05, 0.1) is 10.8 Å². The van der Waals surface area contributed by atoms with Gasteiger partial charge in [-0.15, -0.1) is 0 Å². The lowest BCUT2D eigenvalue weighted by atomic mass is 9.98. The average Bonchev–Trinajstić information content (AvgIpc) is 2.53. The van der Waals surface area contributed by atoms with Gasteiger partial charge < -0.3 is 4.74 Å². The van der Waals surface area contributed by atoms with Crippen LogP contribution in [0.15, 0.2) is 17.0 Å². The van der Waals surface area contributed by atoms with Gasteiger partial charge in [-0.3, -0.25) is 9.59 Å². The number of ether oxygens (including phenoxy) is 1. The predicted octanol–water partition coefficient (Wildman–Crippen LogP) is 2.53. The fourth-order valence-electron chi connectivity index (χ4n) is 3.39. The molecule has 1 atom stereocenters. The molecule has 1 aliphatic rings. The Kier molecular flexibility index (Phi) is 6.24. The second kappa shape index (κ2) is 7.88. The first-order valence-corrected chi connectivity index (χ1v) is 10.3. The number of ketones is 1. The molecule has 1 aromatic carbocycles. The molecule has 0 bridgehead atoms. The van der Waals surface area contributed by atoms with E-state index in [1.165, 1.54) is 11.2 Å². The first kappa shape index (κ1) is 20.6. The van der Waals surface area contributed by atoms with Gasteiger partial charge in [-0.05, 0) is 58.6 Å². The lowest BCUT2D eigenvalue weighted by Gasteiger charge is -2.31. The molecule has 1 heterocycles. The van der Waals surface area contributed by atoms with Crippen LogP contribution in [-0.2, 0) is 24.3 Å². The monoisotopic (exact) mass is 381 g/mol. The van der Waals surface area contributed by atoms with Crippen LogP contribution in [-0.4, -0.2) is 43.7 Å². The SMILES string of the molecule is CC(=O)[C@H](C)OC(=O)C1CCN(S(=O)(=O)c2c(C)cc(C)cc2C)CC1. The zero-order valence-electron chi connectivity index (χ0n) is 16.0. The van der Waals surface area contributed by atoms with Crippen LogP contribution in [0.4, 0.5) is 0 Å². The Hall–Kier alpha value is -1.73. The van der Waals surface area contributed by atoms with Gasteiger partial charge in [-0.1, -0.05) is 17.7 Å². The molecule has 7 heteroatoms. The van der Waals surface area contributed by atoms with Crippen LogP contribution in [0.25, 0.3) is 0 Å². The van der Waals surface area contributed by atoms with Crippen LogP contribution in [0.5, 0.6) is 0 Å². The van der Waals surface area contributed by atoms with E-state index in [9.17, 15) is 18.0 Å². The number of rotatable bonds is 5. The zero-order chi connectivity index (χ0) is 19.6. The van der Waals surface area contributed by atoms with Gasteiger partial charge in [0.1, 0.15) is 0 Å². The highest BCUT2D eigenvalue weighted by Gasteiger charge is 2.34. The van der Waals surface area contributed by atoms with Crippen molar-refractivity contribution in [3.63, 3.8) is 0 Å². The van der Waals surface area contributed by atoms with E-state index in [1.807, 2.05) is 19.1 Å². The summed E-state index contributed by atoms with van der Waals surface area (Å²) in [5, 5.41) is 0. The maximum absolute atomic E-state index is 13.0. The van der Waals surface area contributed by atoms with Gasteiger partial charge in [0.2, 0.25) is 10.0 Å². The van der Waals surface area contributed by atoms with Gasteiger partial charge in [0.15, 0.2) is 11.9 Å². The Labute approximate surface area is 155 Å². The van der Waals surface area contributed by atoms with Crippen molar-refractivity contribution in [2.75, 3.05) is 13.1 Å². The summed E-state index contributed by atoms with van der Waals surface area (Å²) in [5.74, 6) is -1.00. The number of hydrogen-bond donors (Lipinski definition) is 0. The highest BCUT2D eigenvalue weighted by Crippen LogP contribution is 2.29.